The molecule has 2 aliphatic carbocycles. The Labute approximate surface area is 207 Å². The fourth-order valence-corrected chi connectivity index (χ4v) is 8.25. The molecule has 0 radical (unpaired) electrons. The van der Waals surface area contributed by atoms with Crippen molar-refractivity contribution in [1.29, 1.82) is 0 Å². The molecule has 0 aromatic heterocycles. The third-order valence-corrected chi connectivity index (χ3v) is 10.7. The first-order valence-corrected chi connectivity index (χ1v) is 16.3. The molecule has 0 amide bonds. The molecule has 2 aliphatic rings. The first-order valence-electron chi connectivity index (χ1n) is 12.7. The predicted octanol–water partition coefficient (Wildman–Crippen LogP) is 7.39. The van der Waals surface area contributed by atoms with Crippen LogP contribution in [0.2, 0.25) is 0 Å². The van der Waals surface area contributed by atoms with Crippen LogP contribution in [0.5, 0.6) is 0 Å². The first-order chi connectivity index (χ1) is 15.6. The fraction of sp³-hybridized carbons (Fsp3) is 0.920. The third kappa shape index (κ3) is 10.9. The van der Waals surface area contributed by atoms with Gasteiger partial charge >= 0.3 is 0 Å². The van der Waals surface area contributed by atoms with Crippen LogP contribution in [0.3, 0.4) is 0 Å². The zero-order valence-corrected chi connectivity index (χ0v) is 23.5. The van der Waals surface area contributed by atoms with E-state index >= 15 is 0 Å². The summed E-state index contributed by atoms with van der Waals surface area (Å²) in [4.78, 5) is 0. The molecule has 2 unspecified atom stereocenters. The molecule has 0 N–H and O–H groups in total. The lowest BCUT2D eigenvalue weighted by Crippen LogP contribution is -2.33. The Morgan fingerprint density at radius 3 is 2.00 bits per heavy atom. The van der Waals surface area contributed by atoms with Crippen LogP contribution in [0.15, 0.2) is 0 Å². The van der Waals surface area contributed by atoms with Crippen molar-refractivity contribution < 1.29 is 13.8 Å². The summed E-state index contributed by atoms with van der Waals surface area (Å²) in [5, 5.41) is 0. The number of rotatable bonds is 18. The van der Waals surface area contributed by atoms with E-state index in [0.29, 0.717) is 12.1 Å². The van der Waals surface area contributed by atoms with Crippen LogP contribution in [0.4, 0.5) is 0 Å². The summed E-state index contributed by atoms with van der Waals surface area (Å²) >= 11 is 0. The largest absolute Gasteiger partial charge is 0.381 e. The molecule has 0 saturated heterocycles. The molecule has 0 spiro atoms. The average Bonchev–Trinajstić information content (AvgIpc) is 3.37. The van der Waals surface area contributed by atoms with Crippen LogP contribution in [0.25, 0.3) is 0 Å². The second-order valence-corrected chi connectivity index (χ2v) is 13.5. The Morgan fingerprint density at radius 1 is 0.875 bits per heavy atom. The molecule has 2 rings (SSSR count). The summed E-state index contributed by atoms with van der Waals surface area (Å²) in [5.41, 5.74) is 0. The molecule has 0 aromatic carbocycles. The van der Waals surface area contributed by atoms with Gasteiger partial charge in [0.2, 0.25) is 0 Å². The van der Waals surface area contributed by atoms with Gasteiger partial charge in [-0.25, -0.2) is 4.67 Å². The Bertz CT molecular complexity index is 529. The highest BCUT2D eigenvalue weighted by Gasteiger charge is 2.48. The Morgan fingerprint density at radius 2 is 1.44 bits per heavy atom. The lowest BCUT2D eigenvalue weighted by atomic mass is 10.1. The molecule has 4 nitrogen and oxygen atoms in total. The Balaban J connectivity index is 1.44. The minimum Gasteiger partial charge on any atom is -0.381 e. The molecule has 7 heteroatoms. The molecule has 0 aliphatic heterocycles. The van der Waals surface area contributed by atoms with E-state index in [-0.39, 0.29) is 0 Å². The molecular weight excluding hydrogens is 457 g/mol. The van der Waals surface area contributed by atoms with Gasteiger partial charge in [-0.1, -0.05) is 28.5 Å². The summed E-state index contributed by atoms with van der Waals surface area (Å²) < 4.78 is 20.6. The summed E-state index contributed by atoms with van der Waals surface area (Å²) in [6.07, 6.45) is 8.02. The van der Waals surface area contributed by atoms with Gasteiger partial charge in [0, 0.05) is 49.6 Å². The monoisotopic (exact) mass is 503 g/mol. The average molecular weight is 504 g/mol. The van der Waals surface area contributed by atoms with Gasteiger partial charge < -0.3 is 13.8 Å². The van der Waals surface area contributed by atoms with Gasteiger partial charge in [-0.3, -0.25) is 0 Å². The highest BCUT2D eigenvalue weighted by atomic mass is 33.1. The number of hydrogen-bond donors (Lipinski definition) is 0. The number of ether oxygens (including phenoxy) is 1. The Hall–Kier alpha value is 0.530. The quantitative estimate of drug-likeness (QED) is 0.0839. The van der Waals surface area contributed by atoms with Crippen molar-refractivity contribution in [2.45, 2.75) is 91.6 Å². The van der Waals surface area contributed by atoms with Crippen LogP contribution in [-0.4, -0.2) is 54.7 Å². The standard InChI is InChI=1S/C25H46NO3PS2/c1-6-15-28-30(26(21(2)3)22(4)5)29-17-12-19-32-31-18-11-16-27-20-25-23-13-9-7-8-10-14-24(23)25/h21-25H,6,9-20H2,1-5H3/t23-,24+,25?,30?. The van der Waals surface area contributed by atoms with E-state index in [2.05, 4.69) is 51.1 Å². The summed E-state index contributed by atoms with van der Waals surface area (Å²) in [7, 11) is 2.97. The molecule has 32 heavy (non-hydrogen) atoms. The minimum atomic E-state index is -0.958. The van der Waals surface area contributed by atoms with E-state index in [1.54, 1.807) is 0 Å². The molecule has 186 valence electrons. The van der Waals surface area contributed by atoms with Crippen molar-refractivity contribution in [1.82, 2.24) is 4.67 Å². The van der Waals surface area contributed by atoms with E-state index in [4.69, 9.17) is 13.8 Å². The van der Waals surface area contributed by atoms with Gasteiger partial charge in [-0.2, -0.15) is 0 Å². The lowest BCUT2D eigenvalue weighted by molar-refractivity contribution is 0.119. The summed E-state index contributed by atoms with van der Waals surface area (Å²) in [6, 6.07) is 0.856. The van der Waals surface area contributed by atoms with Crippen molar-refractivity contribution in [3.8, 4) is 11.8 Å². The van der Waals surface area contributed by atoms with Crippen LogP contribution in [-0.2, 0) is 13.8 Å². The SMILES string of the molecule is CCCOP(OCCCSSCCCOCC1[C@H]2CCC#CCC[C@@H]12)N(C(C)C)C(C)C. The van der Waals surface area contributed by atoms with E-state index in [9.17, 15) is 0 Å². The first kappa shape index (κ1) is 28.8. The van der Waals surface area contributed by atoms with Crippen molar-refractivity contribution in [2.75, 3.05) is 37.9 Å². The van der Waals surface area contributed by atoms with Crippen molar-refractivity contribution in [3.63, 3.8) is 0 Å². The molecule has 0 heterocycles. The second kappa shape index (κ2) is 17.0. The minimum absolute atomic E-state index is 0.428. The van der Waals surface area contributed by atoms with E-state index < -0.39 is 8.53 Å². The maximum absolute atomic E-state index is 6.19. The van der Waals surface area contributed by atoms with Crippen molar-refractivity contribution in [2.24, 2.45) is 17.8 Å². The molecule has 4 atom stereocenters. The van der Waals surface area contributed by atoms with E-state index in [1.807, 2.05) is 21.6 Å². The van der Waals surface area contributed by atoms with Gasteiger partial charge in [-0.05, 0) is 77.6 Å². The van der Waals surface area contributed by atoms with Gasteiger partial charge in [0.1, 0.15) is 0 Å². The van der Waals surface area contributed by atoms with Crippen molar-refractivity contribution >= 4 is 30.1 Å². The van der Waals surface area contributed by atoms with Gasteiger partial charge in [-0.15, -0.1) is 11.8 Å². The maximum atomic E-state index is 6.19. The molecular formula is C25H46NO3PS2. The highest BCUT2D eigenvalue weighted by Crippen LogP contribution is 2.52. The zero-order valence-electron chi connectivity index (χ0n) is 21.0. The van der Waals surface area contributed by atoms with Crippen LogP contribution in [0.1, 0.15) is 79.6 Å². The van der Waals surface area contributed by atoms with Gasteiger partial charge in [0.25, 0.3) is 8.53 Å². The molecule has 1 saturated carbocycles. The fourth-order valence-electron chi connectivity index (χ4n) is 4.41. The van der Waals surface area contributed by atoms with Gasteiger partial charge in [0.15, 0.2) is 0 Å². The predicted molar refractivity (Wildman–Crippen MR) is 143 cm³/mol. The normalized spacial score (nSPS) is 23.6. The lowest BCUT2D eigenvalue weighted by Gasteiger charge is -2.35. The Kier molecular flexibility index (Phi) is 15.3. The maximum Gasteiger partial charge on any atom is 0.259 e. The summed E-state index contributed by atoms with van der Waals surface area (Å²) in [5.74, 6) is 11.5. The smallest absolute Gasteiger partial charge is 0.259 e. The molecule has 1 fully saturated rings. The van der Waals surface area contributed by atoms with Crippen LogP contribution in [0, 0.1) is 29.6 Å². The number of nitrogens with zero attached hydrogens (tertiary/aromatic N) is 1. The third-order valence-electron chi connectivity index (χ3n) is 5.98. The topological polar surface area (TPSA) is 30.9 Å². The van der Waals surface area contributed by atoms with E-state index in [0.717, 1.165) is 87.8 Å². The zero-order chi connectivity index (χ0) is 23.2. The van der Waals surface area contributed by atoms with E-state index in [1.165, 1.54) is 12.8 Å². The summed E-state index contributed by atoms with van der Waals surface area (Å²) in [6.45, 7) is 14.5. The number of hydrogen-bond acceptors (Lipinski definition) is 6. The van der Waals surface area contributed by atoms with Crippen molar-refractivity contribution in [3.05, 3.63) is 0 Å². The van der Waals surface area contributed by atoms with Crippen LogP contribution < -0.4 is 0 Å². The van der Waals surface area contributed by atoms with Gasteiger partial charge in [0.05, 0.1) is 13.2 Å². The molecule has 0 aromatic rings. The second-order valence-electron chi connectivity index (χ2n) is 9.32. The number of fused-ring (bicyclic) bond motifs is 1. The highest BCUT2D eigenvalue weighted by molar-refractivity contribution is 8.76. The van der Waals surface area contributed by atoms with Crippen LogP contribution >= 0.6 is 30.1 Å². The molecule has 0 bridgehead atoms.